The standard InChI is InChI=1S/C21H23ClN2O4/c1-27-18-11-15(12-19(13-18)28-2)21(26)24-9-7-14(8-10-24)20(25)23-17-5-3-16(22)4-6-17/h3-6,11-14H,7-10H2,1-2H3,(H,23,25). The Labute approximate surface area is 169 Å². The highest BCUT2D eigenvalue weighted by Gasteiger charge is 2.28. The lowest BCUT2D eigenvalue weighted by molar-refractivity contribution is -0.121. The summed E-state index contributed by atoms with van der Waals surface area (Å²) in [5.41, 5.74) is 1.23. The number of hydrogen-bond donors (Lipinski definition) is 1. The molecule has 0 aliphatic carbocycles. The summed E-state index contributed by atoms with van der Waals surface area (Å²) in [6.07, 6.45) is 1.23. The van der Waals surface area contributed by atoms with Crippen molar-refractivity contribution in [1.29, 1.82) is 0 Å². The van der Waals surface area contributed by atoms with Crippen molar-refractivity contribution in [2.45, 2.75) is 12.8 Å². The van der Waals surface area contributed by atoms with Crippen molar-refractivity contribution < 1.29 is 19.1 Å². The number of halogens is 1. The van der Waals surface area contributed by atoms with Gasteiger partial charge in [0, 0.05) is 41.3 Å². The third kappa shape index (κ3) is 4.75. The molecule has 1 fully saturated rings. The van der Waals surface area contributed by atoms with Crippen molar-refractivity contribution in [3.63, 3.8) is 0 Å². The number of carbonyl (C=O) groups excluding carboxylic acids is 2. The molecule has 1 aliphatic heterocycles. The van der Waals surface area contributed by atoms with Gasteiger partial charge in [-0.15, -0.1) is 0 Å². The summed E-state index contributed by atoms with van der Waals surface area (Å²) >= 11 is 5.87. The Hall–Kier alpha value is -2.73. The van der Waals surface area contributed by atoms with Crippen LogP contribution in [0.5, 0.6) is 11.5 Å². The Bertz CT molecular complexity index is 824. The SMILES string of the molecule is COc1cc(OC)cc(C(=O)N2CCC(C(=O)Nc3ccc(Cl)cc3)CC2)c1. The van der Waals surface area contributed by atoms with Crippen LogP contribution >= 0.6 is 11.6 Å². The van der Waals surface area contributed by atoms with Gasteiger partial charge < -0.3 is 19.7 Å². The molecule has 3 rings (SSSR count). The molecule has 2 aromatic rings. The van der Waals surface area contributed by atoms with E-state index < -0.39 is 0 Å². The Kier molecular flexibility index (Phi) is 6.41. The first-order valence-electron chi connectivity index (χ1n) is 9.09. The number of carbonyl (C=O) groups is 2. The Morgan fingerprint density at radius 1 is 1.00 bits per heavy atom. The molecule has 0 radical (unpaired) electrons. The first-order valence-corrected chi connectivity index (χ1v) is 9.46. The summed E-state index contributed by atoms with van der Waals surface area (Å²) in [5, 5.41) is 3.53. The molecule has 7 heteroatoms. The molecule has 0 spiro atoms. The van der Waals surface area contributed by atoms with Crippen LogP contribution in [0, 0.1) is 5.92 Å². The fourth-order valence-electron chi connectivity index (χ4n) is 3.24. The largest absolute Gasteiger partial charge is 0.497 e. The van der Waals surface area contributed by atoms with Gasteiger partial charge in [-0.1, -0.05) is 11.6 Å². The van der Waals surface area contributed by atoms with E-state index in [0.717, 1.165) is 5.69 Å². The molecule has 1 N–H and O–H groups in total. The number of rotatable bonds is 5. The zero-order valence-corrected chi connectivity index (χ0v) is 16.7. The van der Waals surface area contributed by atoms with Gasteiger partial charge in [-0.3, -0.25) is 9.59 Å². The van der Waals surface area contributed by atoms with Crippen molar-refractivity contribution in [2.24, 2.45) is 5.92 Å². The molecule has 1 heterocycles. The molecule has 0 atom stereocenters. The van der Waals surface area contributed by atoms with E-state index in [-0.39, 0.29) is 17.7 Å². The molecular weight excluding hydrogens is 380 g/mol. The number of nitrogens with zero attached hydrogens (tertiary/aromatic N) is 1. The van der Waals surface area contributed by atoms with Crippen molar-refractivity contribution in [3.05, 3.63) is 53.1 Å². The predicted octanol–water partition coefficient (Wildman–Crippen LogP) is 3.85. The molecule has 2 aromatic carbocycles. The first-order chi connectivity index (χ1) is 13.5. The minimum Gasteiger partial charge on any atom is -0.497 e. The second-order valence-electron chi connectivity index (χ2n) is 6.66. The van der Waals surface area contributed by atoms with Crippen LogP contribution < -0.4 is 14.8 Å². The normalized spacial score (nSPS) is 14.5. The Morgan fingerprint density at radius 2 is 1.57 bits per heavy atom. The van der Waals surface area contributed by atoms with E-state index in [1.807, 2.05) is 0 Å². The predicted molar refractivity (Wildman–Crippen MR) is 108 cm³/mol. The number of anilines is 1. The molecule has 0 unspecified atom stereocenters. The van der Waals surface area contributed by atoms with Crippen LogP contribution in [0.1, 0.15) is 23.2 Å². The molecule has 1 aliphatic rings. The van der Waals surface area contributed by atoms with Gasteiger partial charge in [-0.2, -0.15) is 0 Å². The summed E-state index contributed by atoms with van der Waals surface area (Å²) in [6.45, 7) is 1.05. The van der Waals surface area contributed by atoms with Crippen LogP contribution in [0.2, 0.25) is 5.02 Å². The average molecular weight is 403 g/mol. The lowest BCUT2D eigenvalue weighted by Gasteiger charge is -2.31. The Morgan fingerprint density at radius 3 is 2.11 bits per heavy atom. The van der Waals surface area contributed by atoms with Crippen LogP contribution in [0.15, 0.2) is 42.5 Å². The molecule has 1 saturated heterocycles. The van der Waals surface area contributed by atoms with E-state index in [2.05, 4.69) is 5.32 Å². The highest BCUT2D eigenvalue weighted by atomic mass is 35.5. The molecule has 0 bridgehead atoms. The highest BCUT2D eigenvalue weighted by molar-refractivity contribution is 6.30. The topological polar surface area (TPSA) is 67.9 Å². The van der Waals surface area contributed by atoms with Gasteiger partial charge in [0.1, 0.15) is 11.5 Å². The molecule has 148 valence electrons. The molecule has 2 amide bonds. The average Bonchev–Trinajstić information content (AvgIpc) is 2.74. The van der Waals surface area contributed by atoms with Gasteiger partial charge >= 0.3 is 0 Å². The fraction of sp³-hybridized carbons (Fsp3) is 0.333. The van der Waals surface area contributed by atoms with Gasteiger partial charge in [0.15, 0.2) is 0 Å². The zero-order valence-electron chi connectivity index (χ0n) is 15.9. The second-order valence-corrected chi connectivity index (χ2v) is 7.10. The van der Waals surface area contributed by atoms with E-state index >= 15 is 0 Å². The number of benzene rings is 2. The summed E-state index contributed by atoms with van der Waals surface area (Å²) in [4.78, 5) is 27.1. The van der Waals surface area contributed by atoms with E-state index in [0.29, 0.717) is 48.0 Å². The minimum atomic E-state index is -0.125. The molecule has 0 aromatic heterocycles. The van der Waals surface area contributed by atoms with E-state index in [1.165, 1.54) is 0 Å². The third-order valence-electron chi connectivity index (χ3n) is 4.86. The number of nitrogens with one attached hydrogen (secondary N) is 1. The van der Waals surface area contributed by atoms with Gasteiger partial charge in [-0.05, 0) is 49.2 Å². The van der Waals surface area contributed by atoms with Crippen LogP contribution in [0.3, 0.4) is 0 Å². The monoisotopic (exact) mass is 402 g/mol. The summed E-state index contributed by atoms with van der Waals surface area (Å²) in [5.74, 6) is 0.894. The fourth-order valence-corrected chi connectivity index (χ4v) is 3.36. The summed E-state index contributed by atoms with van der Waals surface area (Å²) < 4.78 is 10.5. The number of ether oxygens (including phenoxy) is 2. The molecular formula is C21H23ClN2O4. The summed E-state index contributed by atoms with van der Waals surface area (Å²) in [6, 6.07) is 12.1. The lowest BCUT2D eigenvalue weighted by Crippen LogP contribution is -2.41. The van der Waals surface area contributed by atoms with Crippen molar-refractivity contribution in [1.82, 2.24) is 4.90 Å². The number of hydrogen-bond acceptors (Lipinski definition) is 4. The van der Waals surface area contributed by atoms with E-state index in [9.17, 15) is 9.59 Å². The van der Waals surface area contributed by atoms with Crippen molar-refractivity contribution in [2.75, 3.05) is 32.6 Å². The molecule has 28 heavy (non-hydrogen) atoms. The van der Waals surface area contributed by atoms with Gasteiger partial charge in [-0.25, -0.2) is 0 Å². The second kappa shape index (κ2) is 8.97. The quantitative estimate of drug-likeness (QED) is 0.824. The Balaban J connectivity index is 1.59. The molecule has 6 nitrogen and oxygen atoms in total. The number of methoxy groups -OCH3 is 2. The van der Waals surface area contributed by atoms with Crippen molar-refractivity contribution >= 4 is 29.1 Å². The third-order valence-corrected chi connectivity index (χ3v) is 5.12. The number of piperidine rings is 1. The van der Waals surface area contributed by atoms with E-state index in [4.69, 9.17) is 21.1 Å². The van der Waals surface area contributed by atoms with Gasteiger partial charge in [0.05, 0.1) is 14.2 Å². The van der Waals surface area contributed by atoms with Gasteiger partial charge in [0.25, 0.3) is 5.91 Å². The van der Waals surface area contributed by atoms with Crippen LogP contribution in [-0.4, -0.2) is 44.0 Å². The lowest BCUT2D eigenvalue weighted by atomic mass is 9.95. The highest BCUT2D eigenvalue weighted by Crippen LogP contribution is 2.26. The minimum absolute atomic E-state index is 0.0301. The summed E-state index contributed by atoms with van der Waals surface area (Å²) in [7, 11) is 3.10. The zero-order chi connectivity index (χ0) is 20.1. The van der Waals surface area contributed by atoms with Crippen LogP contribution in [0.4, 0.5) is 5.69 Å². The maximum absolute atomic E-state index is 12.8. The van der Waals surface area contributed by atoms with Gasteiger partial charge in [0.2, 0.25) is 5.91 Å². The van der Waals surface area contributed by atoms with Crippen LogP contribution in [0.25, 0.3) is 0 Å². The number of likely N-dealkylation sites (tertiary alicyclic amines) is 1. The smallest absolute Gasteiger partial charge is 0.254 e. The maximum Gasteiger partial charge on any atom is 0.254 e. The number of amides is 2. The first kappa shape index (κ1) is 20.0. The maximum atomic E-state index is 12.8. The van der Waals surface area contributed by atoms with Crippen molar-refractivity contribution in [3.8, 4) is 11.5 Å². The van der Waals surface area contributed by atoms with E-state index in [1.54, 1.807) is 61.6 Å². The van der Waals surface area contributed by atoms with Crippen LogP contribution in [-0.2, 0) is 4.79 Å². The molecule has 0 saturated carbocycles.